The van der Waals surface area contributed by atoms with Gasteiger partial charge in [0.15, 0.2) is 5.78 Å². The maximum Gasteiger partial charge on any atom is 0.159 e. The normalized spacial score (nSPS) is 24.4. The van der Waals surface area contributed by atoms with Crippen molar-refractivity contribution in [2.45, 2.75) is 32.9 Å². The minimum atomic E-state index is -0.228. The molecule has 2 N–H and O–H groups in total. The molecule has 1 saturated heterocycles. The van der Waals surface area contributed by atoms with Gasteiger partial charge in [-0.05, 0) is 37.5 Å². The van der Waals surface area contributed by atoms with Crippen LogP contribution in [-0.4, -0.2) is 40.1 Å². The second-order valence-electron chi connectivity index (χ2n) is 5.47. The number of benzene rings is 1. The molecule has 2 unspecified atom stereocenters. The minimum absolute atomic E-state index is 0.00341. The number of piperidine rings is 1. The number of phenols is 1. The molecule has 0 saturated carbocycles. The van der Waals surface area contributed by atoms with Crippen molar-refractivity contribution >= 4 is 5.78 Å². The molecule has 104 valence electrons. The van der Waals surface area contributed by atoms with E-state index in [1.807, 2.05) is 6.92 Å². The second kappa shape index (κ2) is 5.72. The molecule has 2 rings (SSSR count). The first-order valence-electron chi connectivity index (χ1n) is 6.70. The van der Waals surface area contributed by atoms with Gasteiger partial charge in [-0.2, -0.15) is 0 Å². The van der Waals surface area contributed by atoms with Gasteiger partial charge in [0.1, 0.15) is 5.75 Å². The SMILES string of the molecule is CC(=O)c1ccc(O)c(CN2CCC(O)C(C)C2)c1. The second-order valence-corrected chi connectivity index (χ2v) is 5.47. The summed E-state index contributed by atoms with van der Waals surface area (Å²) >= 11 is 0. The molecule has 4 heteroatoms. The van der Waals surface area contributed by atoms with Crippen molar-refractivity contribution in [3.63, 3.8) is 0 Å². The van der Waals surface area contributed by atoms with Gasteiger partial charge in [-0.25, -0.2) is 0 Å². The summed E-state index contributed by atoms with van der Waals surface area (Å²) in [7, 11) is 0. The number of aliphatic hydroxyl groups is 1. The molecule has 2 atom stereocenters. The molecule has 0 bridgehead atoms. The third-order valence-electron chi connectivity index (χ3n) is 3.82. The fraction of sp³-hybridized carbons (Fsp3) is 0.533. The van der Waals surface area contributed by atoms with Gasteiger partial charge in [0, 0.05) is 30.8 Å². The number of rotatable bonds is 3. The van der Waals surface area contributed by atoms with Crippen LogP contribution >= 0.6 is 0 Å². The fourth-order valence-corrected chi connectivity index (χ4v) is 2.54. The average molecular weight is 263 g/mol. The number of aliphatic hydroxyl groups excluding tert-OH is 1. The van der Waals surface area contributed by atoms with Gasteiger partial charge in [-0.15, -0.1) is 0 Å². The van der Waals surface area contributed by atoms with E-state index in [9.17, 15) is 15.0 Å². The number of hydrogen-bond acceptors (Lipinski definition) is 4. The molecule has 4 nitrogen and oxygen atoms in total. The molecule has 0 aliphatic carbocycles. The summed E-state index contributed by atoms with van der Waals surface area (Å²) in [4.78, 5) is 13.6. The highest BCUT2D eigenvalue weighted by molar-refractivity contribution is 5.94. The van der Waals surface area contributed by atoms with Crippen molar-refractivity contribution in [1.29, 1.82) is 0 Å². The van der Waals surface area contributed by atoms with Gasteiger partial charge in [-0.3, -0.25) is 9.69 Å². The highest BCUT2D eigenvalue weighted by Crippen LogP contribution is 2.24. The highest BCUT2D eigenvalue weighted by Gasteiger charge is 2.24. The number of phenolic OH excluding ortho intramolecular Hbond substituents is 1. The van der Waals surface area contributed by atoms with E-state index in [-0.39, 0.29) is 23.6 Å². The van der Waals surface area contributed by atoms with Gasteiger partial charge < -0.3 is 10.2 Å². The van der Waals surface area contributed by atoms with Gasteiger partial charge in [0.05, 0.1) is 6.10 Å². The Balaban J connectivity index is 2.10. The zero-order chi connectivity index (χ0) is 14.0. The van der Waals surface area contributed by atoms with E-state index in [1.165, 1.54) is 6.92 Å². The Hall–Kier alpha value is -1.39. The molecular formula is C15H21NO3. The zero-order valence-corrected chi connectivity index (χ0v) is 11.5. The summed E-state index contributed by atoms with van der Waals surface area (Å²) in [6.07, 6.45) is 0.530. The molecule has 0 amide bonds. The monoisotopic (exact) mass is 263 g/mol. The van der Waals surface area contributed by atoms with E-state index in [4.69, 9.17) is 0 Å². The van der Waals surface area contributed by atoms with Crippen molar-refractivity contribution < 1.29 is 15.0 Å². The minimum Gasteiger partial charge on any atom is -0.508 e. The van der Waals surface area contributed by atoms with Crippen LogP contribution in [0.1, 0.15) is 36.2 Å². The summed E-state index contributed by atoms with van der Waals surface area (Å²) in [6, 6.07) is 4.98. The van der Waals surface area contributed by atoms with Crippen molar-refractivity contribution in [3.8, 4) is 5.75 Å². The number of hydrogen-bond donors (Lipinski definition) is 2. The summed E-state index contributed by atoms with van der Waals surface area (Å²) in [5, 5.41) is 19.6. The van der Waals surface area contributed by atoms with Gasteiger partial charge in [0.2, 0.25) is 0 Å². The molecule has 1 aromatic carbocycles. The number of ketones is 1. The van der Waals surface area contributed by atoms with Gasteiger partial charge in [-0.1, -0.05) is 6.92 Å². The van der Waals surface area contributed by atoms with Gasteiger partial charge in [0.25, 0.3) is 0 Å². The van der Waals surface area contributed by atoms with Crippen LogP contribution in [0.25, 0.3) is 0 Å². The zero-order valence-electron chi connectivity index (χ0n) is 11.5. The van der Waals surface area contributed by atoms with E-state index < -0.39 is 0 Å². The molecule has 1 aromatic rings. The van der Waals surface area contributed by atoms with Crippen LogP contribution in [0.5, 0.6) is 5.75 Å². The Morgan fingerprint density at radius 2 is 2.21 bits per heavy atom. The molecule has 1 heterocycles. The molecule has 0 radical (unpaired) electrons. The molecule has 1 aliphatic rings. The molecule has 1 aliphatic heterocycles. The maximum absolute atomic E-state index is 11.4. The van der Waals surface area contributed by atoms with Crippen LogP contribution in [0.4, 0.5) is 0 Å². The Bertz CT molecular complexity index is 472. The predicted octanol–water partition coefficient (Wildman–Crippen LogP) is 1.80. The Labute approximate surface area is 113 Å². The lowest BCUT2D eigenvalue weighted by atomic mass is 9.96. The molecule has 1 fully saturated rings. The van der Waals surface area contributed by atoms with Crippen LogP contribution in [0.2, 0.25) is 0 Å². The summed E-state index contributed by atoms with van der Waals surface area (Å²) in [5.41, 5.74) is 1.40. The largest absolute Gasteiger partial charge is 0.508 e. The highest BCUT2D eigenvalue weighted by atomic mass is 16.3. The molecule has 19 heavy (non-hydrogen) atoms. The molecule has 0 aromatic heterocycles. The van der Waals surface area contributed by atoms with Crippen LogP contribution in [0.3, 0.4) is 0 Å². The predicted molar refractivity (Wildman–Crippen MR) is 73.2 cm³/mol. The topological polar surface area (TPSA) is 60.8 Å². The van der Waals surface area contributed by atoms with Crippen LogP contribution < -0.4 is 0 Å². The Kier molecular flexibility index (Phi) is 4.22. The van der Waals surface area contributed by atoms with E-state index in [0.717, 1.165) is 25.1 Å². The van der Waals surface area contributed by atoms with Crippen molar-refractivity contribution in [3.05, 3.63) is 29.3 Å². The van der Waals surface area contributed by atoms with Crippen molar-refractivity contribution in [2.24, 2.45) is 5.92 Å². The van der Waals surface area contributed by atoms with E-state index in [1.54, 1.807) is 18.2 Å². The van der Waals surface area contributed by atoms with E-state index >= 15 is 0 Å². The number of carbonyl (C=O) groups excluding carboxylic acids is 1. The maximum atomic E-state index is 11.4. The lowest BCUT2D eigenvalue weighted by molar-refractivity contribution is 0.0318. The van der Waals surface area contributed by atoms with Crippen molar-refractivity contribution in [2.75, 3.05) is 13.1 Å². The van der Waals surface area contributed by atoms with Crippen LogP contribution in [-0.2, 0) is 6.54 Å². The van der Waals surface area contributed by atoms with Gasteiger partial charge >= 0.3 is 0 Å². The smallest absolute Gasteiger partial charge is 0.159 e. The lowest BCUT2D eigenvalue weighted by Crippen LogP contribution is -2.41. The standard InChI is InChI=1S/C15H21NO3/c1-10-8-16(6-5-14(10)18)9-13-7-12(11(2)17)3-4-15(13)19/h3-4,7,10,14,18-19H,5-6,8-9H2,1-2H3. The summed E-state index contributed by atoms with van der Waals surface area (Å²) in [6.45, 7) is 5.79. The first-order valence-corrected chi connectivity index (χ1v) is 6.70. The summed E-state index contributed by atoms with van der Waals surface area (Å²) < 4.78 is 0. The van der Waals surface area contributed by atoms with E-state index in [0.29, 0.717) is 12.1 Å². The Morgan fingerprint density at radius 3 is 2.84 bits per heavy atom. The average Bonchev–Trinajstić information content (AvgIpc) is 2.36. The van der Waals surface area contributed by atoms with E-state index in [2.05, 4.69) is 4.90 Å². The number of aromatic hydroxyl groups is 1. The third-order valence-corrected chi connectivity index (χ3v) is 3.82. The molecular weight excluding hydrogens is 242 g/mol. The molecule has 0 spiro atoms. The quantitative estimate of drug-likeness (QED) is 0.816. The number of nitrogens with zero attached hydrogens (tertiary/aromatic N) is 1. The lowest BCUT2D eigenvalue weighted by Gasteiger charge is -2.34. The third kappa shape index (κ3) is 3.33. The number of carbonyl (C=O) groups is 1. The van der Waals surface area contributed by atoms with Crippen LogP contribution in [0.15, 0.2) is 18.2 Å². The Morgan fingerprint density at radius 1 is 1.47 bits per heavy atom. The number of Topliss-reactive ketones (excluding diaryl/α,β-unsaturated/α-hetero) is 1. The fourth-order valence-electron chi connectivity index (χ4n) is 2.54. The summed E-state index contributed by atoms with van der Waals surface area (Å²) in [5.74, 6) is 0.472. The number of likely N-dealkylation sites (tertiary alicyclic amines) is 1. The van der Waals surface area contributed by atoms with Crippen molar-refractivity contribution in [1.82, 2.24) is 4.90 Å². The van der Waals surface area contributed by atoms with Crippen LogP contribution in [0, 0.1) is 5.92 Å². The first-order chi connectivity index (χ1) is 8.97. The first kappa shape index (κ1) is 14.0.